The summed E-state index contributed by atoms with van der Waals surface area (Å²) in [5.74, 6) is -0.151. The summed E-state index contributed by atoms with van der Waals surface area (Å²) >= 11 is 0. The van der Waals surface area contributed by atoms with Crippen molar-refractivity contribution in [2.45, 2.75) is 12.8 Å². The molecule has 0 aliphatic carbocycles. The third-order valence-corrected chi connectivity index (χ3v) is 2.82. The highest BCUT2D eigenvalue weighted by molar-refractivity contribution is 5.69. The molecule has 1 atom stereocenters. The SMILES string of the molecule is Cc1ccccc1C(C=O)c1ccccc1. The lowest BCUT2D eigenvalue weighted by atomic mass is 9.90. The van der Waals surface area contributed by atoms with Crippen LogP contribution in [0.15, 0.2) is 54.6 Å². The second-order valence-corrected chi connectivity index (χ2v) is 3.88. The van der Waals surface area contributed by atoms with Crippen LogP contribution in [0.4, 0.5) is 0 Å². The smallest absolute Gasteiger partial charge is 0.131 e. The monoisotopic (exact) mass is 210 g/mol. The maximum Gasteiger partial charge on any atom is 0.131 e. The van der Waals surface area contributed by atoms with E-state index in [4.69, 9.17) is 0 Å². The highest BCUT2D eigenvalue weighted by Crippen LogP contribution is 2.24. The molecule has 0 saturated heterocycles. The first-order valence-corrected chi connectivity index (χ1v) is 5.38. The number of aldehydes is 1. The van der Waals surface area contributed by atoms with Gasteiger partial charge in [0.15, 0.2) is 0 Å². The molecule has 16 heavy (non-hydrogen) atoms. The molecule has 0 N–H and O–H groups in total. The van der Waals surface area contributed by atoms with E-state index < -0.39 is 0 Å². The Bertz CT molecular complexity index is 474. The van der Waals surface area contributed by atoms with Gasteiger partial charge in [-0.2, -0.15) is 0 Å². The molecular weight excluding hydrogens is 196 g/mol. The minimum Gasteiger partial charge on any atom is -0.302 e. The van der Waals surface area contributed by atoms with Crippen molar-refractivity contribution in [3.05, 3.63) is 71.3 Å². The van der Waals surface area contributed by atoms with E-state index in [-0.39, 0.29) is 5.92 Å². The molecule has 0 amide bonds. The first kappa shape index (κ1) is 10.6. The van der Waals surface area contributed by atoms with Gasteiger partial charge in [-0.3, -0.25) is 0 Å². The van der Waals surface area contributed by atoms with Crippen LogP contribution < -0.4 is 0 Å². The van der Waals surface area contributed by atoms with E-state index in [0.29, 0.717) is 0 Å². The lowest BCUT2D eigenvalue weighted by molar-refractivity contribution is -0.108. The van der Waals surface area contributed by atoms with Gasteiger partial charge in [-0.25, -0.2) is 0 Å². The fourth-order valence-corrected chi connectivity index (χ4v) is 1.93. The number of carbonyl (C=O) groups excluding carboxylic acids is 1. The van der Waals surface area contributed by atoms with Gasteiger partial charge in [0.2, 0.25) is 0 Å². The summed E-state index contributed by atoms with van der Waals surface area (Å²) in [5.41, 5.74) is 3.29. The molecule has 1 unspecified atom stereocenters. The van der Waals surface area contributed by atoms with Crippen molar-refractivity contribution in [2.24, 2.45) is 0 Å². The fourth-order valence-electron chi connectivity index (χ4n) is 1.93. The average molecular weight is 210 g/mol. The molecule has 0 radical (unpaired) electrons. The van der Waals surface area contributed by atoms with Crippen molar-refractivity contribution in [1.82, 2.24) is 0 Å². The van der Waals surface area contributed by atoms with Crippen molar-refractivity contribution in [3.8, 4) is 0 Å². The molecule has 0 heterocycles. The van der Waals surface area contributed by atoms with Gasteiger partial charge in [-0.1, -0.05) is 54.6 Å². The van der Waals surface area contributed by atoms with E-state index in [1.54, 1.807) is 0 Å². The summed E-state index contributed by atoms with van der Waals surface area (Å²) in [5, 5.41) is 0. The summed E-state index contributed by atoms with van der Waals surface area (Å²) < 4.78 is 0. The van der Waals surface area contributed by atoms with Crippen LogP contribution in [0.5, 0.6) is 0 Å². The zero-order valence-electron chi connectivity index (χ0n) is 9.26. The Hall–Kier alpha value is -1.89. The minimum absolute atomic E-state index is 0.151. The molecule has 0 saturated carbocycles. The Balaban J connectivity index is 2.45. The zero-order chi connectivity index (χ0) is 11.4. The third kappa shape index (κ3) is 2.03. The predicted octanol–water partition coefficient (Wildman–Crippen LogP) is 3.33. The van der Waals surface area contributed by atoms with Crippen molar-refractivity contribution < 1.29 is 4.79 Å². The summed E-state index contributed by atoms with van der Waals surface area (Å²) in [6.45, 7) is 2.04. The molecule has 0 aliphatic heterocycles. The quantitative estimate of drug-likeness (QED) is 0.710. The maximum atomic E-state index is 11.3. The van der Waals surface area contributed by atoms with Crippen LogP contribution in [-0.4, -0.2) is 6.29 Å². The highest BCUT2D eigenvalue weighted by Gasteiger charge is 2.13. The number of benzene rings is 2. The highest BCUT2D eigenvalue weighted by atomic mass is 16.1. The van der Waals surface area contributed by atoms with Crippen LogP contribution in [0.2, 0.25) is 0 Å². The Morgan fingerprint density at radius 1 is 0.938 bits per heavy atom. The number of aryl methyl sites for hydroxylation is 1. The maximum absolute atomic E-state index is 11.3. The van der Waals surface area contributed by atoms with Crippen LogP contribution in [0.25, 0.3) is 0 Å². The molecule has 0 fully saturated rings. The number of hydrogen-bond acceptors (Lipinski definition) is 1. The van der Waals surface area contributed by atoms with Gasteiger partial charge in [0, 0.05) is 0 Å². The summed E-state index contributed by atoms with van der Waals surface area (Å²) in [7, 11) is 0. The molecule has 2 aromatic carbocycles. The average Bonchev–Trinajstić information content (AvgIpc) is 2.34. The topological polar surface area (TPSA) is 17.1 Å². The van der Waals surface area contributed by atoms with Gasteiger partial charge < -0.3 is 4.79 Å². The van der Waals surface area contributed by atoms with E-state index in [0.717, 1.165) is 23.0 Å². The molecule has 1 nitrogen and oxygen atoms in total. The molecule has 1 heteroatoms. The largest absolute Gasteiger partial charge is 0.302 e. The fraction of sp³-hybridized carbons (Fsp3) is 0.133. The van der Waals surface area contributed by atoms with Crippen LogP contribution in [-0.2, 0) is 4.79 Å². The lowest BCUT2D eigenvalue weighted by Crippen LogP contribution is -2.04. The minimum atomic E-state index is -0.151. The molecule has 0 spiro atoms. The summed E-state index contributed by atoms with van der Waals surface area (Å²) in [6.07, 6.45) is 1.01. The van der Waals surface area contributed by atoms with Gasteiger partial charge in [-0.15, -0.1) is 0 Å². The van der Waals surface area contributed by atoms with Crippen LogP contribution >= 0.6 is 0 Å². The van der Waals surface area contributed by atoms with Gasteiger partial charge in [0.1, 0.15) is 6.29 Å². The summed E-state index contributed by atoms with van der Waals surface area (Å²) in [4.78, 5) is 11.3. The second kappa shape index (κ2) is 4.75. The number of carbonyl (C=O) groups is 1. The molecule has 80 valence electrons. The second-order valence-electron chi connectivity index (χ2n) is 3.88. The molecule has 0 aliphatic rings. The van der Waals surface area contributed by atoms with Crippen molar-refractivity contribution >= 4 is 6.29 Å². The zero-order valence-corrected chi connectivity index (χ0v) is 9.26. The van der Waals surface area contributed by atoms with Crippen molar-refractivity contribution in [1.29, 1.82) is 0 Å². The van der Waals surface area contributed by atoms with Crippen molar-refractivity contribution in [2.75, 3.05) is 0 Å². The Morgan fingerprint density at radius 2 is 1.56 bits per heavy atom. The van der Waals surface area contributed by atoms with E-state index in [9.17, 15) is 4.79 Å². The predicted molar refractivity (Wildman–Crippen MR) is 65.5 cm³/mol. The Morgan fingerprint density at radius 3 is 2.19 bits per heavy atom. The third-order valence-electron chi connectivity index (χ3n) is 2.82. The summed E-state index contributed by atoms with van der Waals surface area (Å²) in [6, 6.07) is 17.9. The Kier molecular flexibility index (Phi) is 3.16. The van der Waals surface area contributed by atoms with Crippen LogP contribution in [0.1, 0.15) is 22.6 Å². The van der Waals surface area contributed by atoms with Gasteiger partial charge in [0.25, 0.3) is 0 Å². The van der Waals surface area contributed by atoms with Gasteiger partial charge in [0.05, 0.1) is 5.92 Å². The Labute approximate surface area is 95.7 Å². The standard InChI is InChI=1S/C15H14O/c1-12-7-5-6-10-14(12)15(11-16)13-8-3-2-4-9-13/h2-11,15H,1H3. The number of hydrogen-bond donors (Lipinski definition) is 0. The van der Waals surface area contributed by atoms with Crippen LogP contribution in [0, 0.1) is 6.92 Å². The first-order valence-electron chi connectivity index (χ1n) is 5.38. The molecule has 0 bridgehead atoms. The molecular formula is C15H14O. The van der Waals surface area contributed by atoms with E-state index in [1.807, 2.05) is 61.5 Å². The normalized spacial score (nSPS) is 12.1. The van der Waals surface area contributed by atoms with E-state index in [2.05, 4.69) is 0 Å². The van der Waals surface area contributed by atoms with Gasteiger partial charge in [-0.05, 0) is 23.6 Å². The van der Waals surface area contributed by atoms with Gasteiger partial charge >= 0.3 is 0 Å². The molecule has 2 rings (SSSR count). The van der Waals surface area contributed by atoms with Crippen LogP contribution in [0.3, 0.4) is 0 Å². The lowest BCUT2D eigenvalue weighted by Gasteiger charge is -2.13. The molecule has 2 aromatic rings. The number of rotatable bonds is 3. The first-order chi connectivity index (χ1) is 7.83. The molecule has 0 aromatic heterocycles. The van der Waals surface area contributed by atoms with E-state index >= 15 is 0 Å². The van der Waals surface area contributed by atoms with E-state index in [1.165, 1.54) is 0 Å². The van der Waals surface area contributed by atoms with Crippen molar-refractivity contribution in [3.63, 3.8) is 0 Å².